The van der Waals surface area contributed by atoms with Gasteiger partial charge in [-0.3, -0.25) is 4.79 Å². The van der Waals surface area contributed by atoms with Crippen LogP contribution in [0.15, 0.2) is 74.3 Å². The van der Waals surface area contributed by atoms with Gasteiger partial charge in [-0.2, -0.15) is 13.2 Å². The Morgan fingerprint density at radius 2 is 1.82 bits per heavy atom. The van der Waals surface area contributed by atoms with E-state index in [9.17, 15) is 27.2 Å². The molecule has 0 aliphatic heterocycles. The smallest absolute Gasteiger partial charge is 0.418 e. The van der Waals surface area contributed by atoms with E-state index in [1.165, 1.54) is 6.07 Å². The van der Waals surface area contributed by atoms with Crippen molar-refractivity contribution in [1.29, 1.82) is 0 Å². The Hall–Kier alpha value is -3.17. The molecular weight excluding hydrogens is 542 g/mol. The summed E-state index contributed by atoms with van der Waals surface area (Å²) < 4.78 is 59.3. The molecule has 174 valence electrons. The highest BCUT2D eigenvalue weighted by atomic mass is 79.9. The summed E-state index contributed by atoms with van der Waals surface area (Å²) in [5.41, 5.74) is -1.71. The molecule has 0 aliphatic rings. The highest BCUT2D eigenvalue weighted by molar-refractivity contribution is 9.10. The van der Waals surface area contributed by atoms with E-state index in [0.29, 0.717) is 26.0 Å². The topological polar surface area (TPSA) is 59.3 Å². The molecule has 0 spiro atoms. The largest absolute Gasteiger partial charge is 0.422 e. The van der Waals surface area contributed by atoms with Gasteiger partial charge in [0.25, 0.3) is 0 Å². The first kappa shape index (κ1) is 24.0. The lowest BCUT2D eigenvalue weighted by Gasteiger charge is -2.15. The van der Waals surface area contributed by atoms with Gasteiger partial charge in [-0.05, 0) is 48.0 Å². The number of hydrogen-bond donors (Lipinski definition) is 1. The van der Waals surface area contributed by atoms with Crippen molar-refractivity contribution in [3.05, 3.63) is 97.5 Å². The number of halogens is 6. The lowest BCUT2D eigenvalue weighted by molar-refractivity contribution is -0.137. The standard InChI is InChI=1S/C24H13BrClF4NO3/c25-13-3-1-2-12(8-13)22-16-6-4-14(26)9-20(16)34-23(33)17(22)11-21(32)31-19-7-5-15(27)10-18(19)24(28,29)30/h1-10H,11H2,(H,31,32). The molecule has 1 amide bonds. The second kappa shape index (κ2) is 9.23. The molecule has 1 N–H and O–H groups in total. The van der Waals surface area contributed by atoms with Gasteiger partial charge in [-0.1, -0.05) is 39.7 Å². The quantitative estimate of drug-likeness (QED) is 0.214. The minimum absolute atomic E-state index is 0.0545. The highest BCUT2D eigenvalue weighted by Crippen LogP contribution is 2.36. The summed E-state index contributed by atoms with van der Waals surface area (Å²) in [6.07, 6.45) is -5.48. The van der Waals surface area contributed by atoms with Gasteiger partial charge in [-0.25, -0.2) is 9.18 Å². The van der Waals surface area contributed by atoms with Crippen LogP contribution in [0.25, 0.3) is 22.1 Å². The van der Waals surface area contributed by atoms with E-state index in [2.05, 4.69) is 21.2 Å². The van der Waals surface area contributed by atoms with Crippen LogP contribution < -0.4 is 10.9 Å². The highest BCUT2D eigenvalue weighted by Gasteiger charge is 2.34. The summed E-state index contributed by atoms with van der Waals surface area (Å²) in [6.45, 7) is 0. The van der Waals surface area contributed by atoms with Crippen LogP contribution in [0.1, 0.15) is 11.1 Å². The number of rotatable bonds is 4. The minimum atomic E-state index is -4.90. The summed E-state index contributed by atoms with van der Waals surface area (Å²) in [7, 11) is 0. The Morgan fingerprint density at radius 1 is 1.06 bits per heavy atom. The average Bonchev–Trinajstić information content (AvgIpc) is 2.75. The van der Waals surface area contributed by atoms with Crippen LogP contribution >= 0.6 is 27.5 Å². The summed E-state index contributed by atoms with van der Waals surface area (Å²) >= 11 is 9.39. The molecule has 0 bridgehead atoms. The molecule has 0 saturated heterocycles. The van der Waals surface area contributed by atoms with Gasteiger partial charge >= 0.3 is 11.8 Å². The van der Waals surface area contributed by atoms with Crippen molar-refractivity contribution in [1.82, 2.24) is 0 Å². The minimum Gasteiger partial charge on any atom is -0.422 e. The van der Waals surface area contributed by atoms with Crippen LogP contribution in [-0.4, -0.2) is 5.91 Å². The number of carbonyl (C=O) groups is 1. The Balaban J connectivity index is 1.81. The average molecular weight is 555 g/mol. The number of benzene rings is 3. The molecule has 0 atom stereocenters. The summed E-state index contributed by atoms with van der Waals surface area (Å²) in [6, 6.07) is 13.5. The first-order valence-corrected chi connectivity index (χ1v) is 10.9. The van der Waals surface area contributed by atoms with E-state index in [0.717, 1.165) is 12.1 Å². The molecule has 34 heavy (non-hydrogen) atoms. The van der Waals surface area contributed by atoms with Crippen LogP contribution in [-0.2, 0) is 17.4 Å². The van der Waals surface area contributed by atoms with Crippen LogP contribution in [0.4, 0.5) is 23.2 Å². The fraction of sp³-hybridized carbons (Fsp3) is 0.0833. The van der Waals surface area contributed by atoms with Gasteiger partial charge in [-0.15, -0.1) is 0 Å². The molecule has 4 aromatic rings. The maximum absolute atomic E-state index is 13.4. The second-order valence-corrected chi connectivity index (χ2v) is 8.66. The predicted octanol–water partition coefficient (Wildman–Crippen LogP) is 7.22. The Kier molecular flexibility index (Phi) is 6.51. The first-order chi connectivity index (χ1) is 16.0. The number of alkyl halides is 3. The third kappa shape index (κ3) is 5.00. The number of hydrogen-bond acceptors (Lipinski definition) is 3. The van der Waals surface area contributed by atoms with Crippen molar-refractivity contribution in [2.24, 2.45) is 0 Å². The molecule has 1 heterocycles. The van der Waals surface area contributed by atoms with E-state index in [1.54, 1.807) is 36.4 Å². The van der Waals surface area contributed by atoms with E-state index >= 15 is 0 Å². The van der Waals surface area contributed by atoms with Crippen molar-refractivity contribution in [2.45, 2.75) is 12.6 Å². The van der Waals surface area contributed by atoms with E-state index < -0.39 is 41.2 Å². The zero-order valence-electron chi connectivity index (χ0n) is 17.0. The second-order valence-electron chi connectivity index (χ2n) is 7.31. The van der Waals surface area contributed by atoms with Gasteiger partial charge in [0.05, 0.1) is 23.2 Å². The van der Waals surface area contributed by atoms with E-state index in [1.807, 2.05) is 0 Å². The van der Waals surface area contributed by atoms with Crippen molar-refractivity contribution >= 4 is 50.1 Å². The van der Waals surface area contributed by atoms with Gasteiger partial charge in [0, 0.05) is 26.5 Å². The van der Waals surface area contributed by atoms with Gasteiger partial charge in [0.15, 0.2) is 0 Å². The fourth-order valence-electron chi connectivity index (χ4n) is 3.56. The number of nitrogens with one attached hydrogen (secondary N) is 1. The van der Waals surface area contributed by atoms with Gasteiger partial charge in [0.2, 0.25) is 5.91 Å². The van der Waals surface area contributed by atoms with Crippen molar-refractivity contribution in [3.63, 3.8) is 0 Å². The number of anilines is 1. The summed E-state index contributed by atoms with van der Waals surface area (Å²) in [5, 5.41) is 2.95. The van der Waals surface area contributed by atoms with Crippen LogP contribution in [0, 0.1) is 5.82 Å². The SMILES string of the molecule is O=C(Cc1c(-c2cccc(Br)c2)c2ccc(Cl)cc2oc1=O)Nc1ccc(F)cc1C(F)(F)F. The molecule has 0 radical (unpaired) electrons. The maximum atomic E-state index is 13.4. The van der Waals surface area contributed by atoms with Crippen LogP contribution in [0.5, 0.6) is 0 Å². The Labute approximate surface area is 203 Å². The monoisotopic (exact) mass is 553 g/mol. The predicted molar refractivity (Wildman–Crippen MR) is 124 cm³/mol. The molecule has 1 aromatic heterocycles. The van der Waals surface area contributed by atoms with Crippen molar-refractivity contribution < 1.29 is 26.8 Å². The Morgan fingerprint density at radius 3 is 2.53 bits per heavy atom. The van der Waals surface area contributed by atoms with Crippen LogP contribution in [0.2, 0.25) is 5.02 Å². The lowest BCUT2D eigenvalue weighted by Crippen LogP contribution is -2.22. The van der Waals surface area contributed by atoms with Crippen molar-refractivity contribution in [2.75, 3.05) is 5.32 Å². The third-order valence-corrected chi connectivity index (χ3v) is 5.70. The van der Waals surface area contributed by atoms with E-state index in [-0.39, 0.29) is 17.2 Å². The number of fused-ring (bicyclic) bond motifs is 1. The Bertz CT molecular complexity index is 1480. The molecule has 0 unspecified atom stereocenters. The molecule has 0 fully saturated rings. The molecule has 0 saturated carbocycles. The van der Waals surface area contributed by atoms with Crippen molar-refractivity contribution in [3.8, 4) is 11.1 Å². The molecular formula is C24H13BrClF4NO3. The maximum Gasteiger partial charge on any atom is 0.418 e. The third-order valence-electron chi connectivity index (χ3n) is 4.98. The number of carbonyl (C=O) groups excluding carboxylic acids is 1. The number of amides is 1. The fourth-order valence-corrected chi connectivity index (χ4v) is 4.12. The van der Waals surface area contributed by atoms with Crippen LogP contribution in [0.3, 0.4) is 0 Å². The first-order valence-electron chi connectivity index (χ1n) is 9.70. The summed E-state index contributed by atoms with van der Waals surface area (Å²) in [4.78, 5) is 25.6. The lowest BCUT2D eigenvalue weighted by atomic mass is 9.95. The summed E-state index contributed by atoms with van der Waals surface area (Å²) in [5.74, 6) is -2.01. The van der Waals surface area contributed by atoms with Gasteiger partial charge in [0.1, 0.15) is 11.4 Å². The molecule has 4 nitrogen and oxygen atoms in total. The zero-order valence-corrected chi connectivity index (χ0v) is 19.3. The van der Waals surface area contributed by atoms with E-state index in [4.69, 9.17) is 16.0 Å². The molecule has 3 aromatic carbocycles. The molecule has 0 aliphatic carbocycles. The molecule has 10 heteroatoms. The van der Waals surface area contributed by atoms with Gasteiger partial charge < -0.3 is 9.73 Å². The molecule has 4 rings (SSSR count). The normalized spacial score (nSPS) is 11.6. The zero-order chi connectivity index (χ0) is 24.6.